The standard InChI is InChI=1S/C17H20N2O4/c1-2-19-11-14(17(22)23)16(21)13-10-12(5-6-15(13)19)4-3-7-18-8-9-20/h5-6,9-11,18H,2-4,7-8H2,1H3,(H,22,23). The molecule has 2 rings (SSSR count). The summed E-state index contributed by atoms with van der Waals surface area (Å²) >= 11 is 0. The molecule has 0 aliphatic carbocycles. The SMILES string of the molecule is CCn1cc(C(=O)O)c(=O)c2cc(CCCNCC=O)ccc21. The summed E-state index contributed by atoms with van der Waals surface area (Å²) in [5.41, 5.74) is 1.07. The van der Waals surface area contributed by atoms with Gasteiger partial charge in [0, 0.05) is 18.1 Å². The van der Waals surface area contributed by atoms with Gasteiger partial charge < -0.3 is 19.8 Å². The lowest BCUT2D eigenvalue weighted by atomic mass is 10.0. The Kier molecular flexibility index (Phi) is 5.65. The molecule has 0 bridgehead atoms. The van der Waals surface area contributed by atoms with Crippen LogP contribution < -0.4 is 10.7 Å². The number of carboxylic acid groups (broad SMARTS) is 1. The second-order valence-electron chi connectivity index (χ2n) is 5.29. The zero-order valence-corrected chi connectivity index (χ0v) is 13.0. The van der Waals surface area contributed by atoms with Crippen LogP contribution in [0.4, 0.5) is 0 Å². The highest BCUT2D eigenvalue weighted by Gasteiger charge is 2.14. The van der Waals surface area contributed by atoms with Crippen molar-refractivity contribution in [3.8, 4) is 0 Å². The molecule has 0 spiro atoms. The molecule has 0 aliphatic rings. The molecule has 0 saturated heterocycles. The number of benzene rings is 1. The average Bonchev–Trinajstić information content (AvgIpc) is 2.55. The molecular weight excluding hydrogens is 296 g/mol. The first-order chi connectivity index (χ1) is 11.1. The molecule has 0 amide bonds. The van der Waals surface area contributed by atoms with E-state index in [1.807, 2.05) is 19.1 Å². The van der Waals surface area contributed by atoms with Crippen LogP contribution in [-0.4, -0.2) is 35.0 Å². The normalized spacial score (nSPS) is 10.8. The van der Waals surface area contributed by atoms with Crippen molar-refractivity contribution < 1.29 is 14.7 Å². The molecule has 6 heteroatoms. The summed E-state index contributed by atoms with van der Waals surface area (Å²) in [6.07, 6.45) is 3.80. The number of nitrogens with zero attached hydrogens (tertiary/aromatic N) is 1. The third kappa shape index (κ3) is 3.84. The van der Waals surface area contributed by atoms with E-state index in [9.17, 15) is 19.5 Å². The number of carbonyl (C=O) groups is 2. The van der Waals surface area contributed by atoms with Crippen molar-refractivity contribution in [3.63, 3.8) is 0 Å². The second-order valence-corrected chi connectivity index (χ2v) is 5.29. The number of aromatic nitrogens is 1. The molecule has 0 saturated carbocycles. The minimum atomic E-state index is -1.21. The predicted molar refractivity (Wildman–Crippen MR) is 88.1 cm³/mol. The molecule has 1 heterocycles. The maximum atomic E-state index is 12.4. The summed E-state index contributed by atoms with van der Waals surface area (Å²) in [6.45, 7) is 3.54. The largest absolute Gasteiger partial charge is 0.477 e. The van der Waals surface area contributed by atoms with Gasteiger partial charge in [-0.1, -0.05) is 6.07 Å². The number of hydrogen-bond donors (Lipinski definition) is 2. The number of hydrogen-bond acceptors (Lipinski definition) is 4. The maximum absolute atomic E-state index is 12.4. The van der Waals surface area contributed by atoms with Crippen LogP contribution in [0.15, 0.2) is 29.2 Å². The van der Waals surface area contributed by atoms with E-state index in [2.05, 4.69) is 5.32 Å². The van der Waals surface area contributed by atoms with Crippen LogP contribution in [0.3, 0.4) is 0 Å². The van der Waals surface area contributed by atoms with E-state index < -0.39 is 11.4 Å². The van der Waals surface area contributed by atoms with Gasteiger partial charge in [0.1, 0.15) is 11.8 Å². The molecule has 1 aromatic carbocycles. The first-order valence-corrected chi connectivity index (χ1v) is 7.62. The highest BCUT2D eigenvalue weighted by molar-refractivity contribution is 5.92. The van der Waals surface area contributed by atoms with Gasteiger partial charge in [-0.25, -0.2) is 4.79 Å². The lowest BCUT2D eigenvalue weighted by molar-refractivity contribution is -0.107. The van der Waals surface area contributed by atoms with Gasteiger partial charge in [-0.3, -0.25) is 4.79 Å². The van der Waals surface area contributed by atoms with E-state index in [0.717, 1.165) is 30.2 Å². The fourth-order valence-electron chi connectivity index (χ4n) is 2.59. The number of carbonyl (C=O) groups excluding carboxylic acids is 1. The molecule has 23 heavy (non-hydrogen) atoms. The summed E-state index contributed by atoms with van der Waals surface area (Å²) in [6, 6.07) is 5.59. The van der Waals surface area contributed by atoms with E-state index in [1.165, 1.54) is 6.20 Å². The van der Waals surface area contributed by atoms with Crippen molar-refractivity contribution in [1.29, 1.82) is 0 Å². The number of pyridine rings is 1. The van der Waals surface area contributed by atoms with Gasteiger partial charge in [0.25, 0.3) is 0 Å². The molecule has 2 N–H and O–H groups in total. The number of aromatic carboxylic acids is 1. The molecule has 1 aromatic heterocycles. The van der Waals surface area contributed by atoms with Crippen LogP contribution in [0.2, 0.25) is 0 Å². The fraction of sp³-hybridized carbons (Fsp3) is 0.353. The molecule has 0 atom stereocenters. The van der Waals surface area contributed by atoms with Crippen LogP contribution >= 0.6 is 0 Å². The maximum Gasteiger partial charge on any atom is 0.341 e. The van der Waals surface area contributed by atoms with Gasteiger partial charge in [-0.15, -0.1) is 0 Å². The molecule has 6 nitrogen and oxygen atoms in total. The quantitative estimate of drug-likeness (QED) is 0.568. The fourth-order valence-corrected chi connectivity index (χ4v) is 2.59. The number of fused-ring (bicyclic) bond motifs is 1. The highest BCUT2D eigenvalue weighted by Crippen LogP contribution is 2.16. The Morgan fingerprint density at radius 3 is 2.83 bits per heavy atom. The molecule has 0 fully saturated rings. The number of aryl methyl sites for hydroxylation is 2. The Hall–Kier alpha value is -2.47. The minimum Gasteiger partial charge on any atom is -0.477 e. The second kappa shape index (κ2) is 7.69. The van der Waals surface area contributed by atoms with E-state index in [4.69, 9.17) is 0 Å². The third-order valence-electron chi connectivity index (χ3n) is 3.76. The predicted octanol–water partition coefficient (Wildman–Crippen LogP) is 1.44. The Balaban J connectivity index is 2.33. The van der Waals surface area contributed by atoms with Crippen LogP contribution in [0, 0.1) is 0 Å². The lowest BCUT2D eigenvalue weighted by Crippen LogP contribution is -2.19. The Labute approximate surface area is 133 Å². The van der Waals surface area contributed by atoms with E-state index >= 15 is 0 Å². The topological polar surface area (TPSA) is 88.4 Å². The average molecular weight is 316 g/mol. The molecule has 0 unspecified atom stereocenters. The van der Waals surface area contributed by atoms with Gasteiger partial charge >= 0.3 is 5.97 Å². The molecule has 122 valence electrons. The first kappa shape index (κ1) is 16.9. The minimum absolute atomic E-state index is 0.204. The van der Waals surface area contributed by atoms with E-state index in [-0.39, 0.29) is 5.56 Å². The van der Waals surface area contributed by atoms with Gasteiger partial charge in [-0.05, 0) is 44.0 Å². The first-order valence-electron chi connectivity index (χ1n) is 7.62. The smallest absolute Gasteiger partial charge is 0.341 e. The van der Waals surface area contributed by atoms with Crippen molar-refractivity contribution in [2.24, 2.45) is 0 Å². The zero-order valence-electron chi connectivity index (χ0n) is 13.0. The van der Waals surface area contributed by atoms with E-state index in [0.29, 0.717) is 25.0 Å². The van der Waals surface area contributed by atoms with Gasteiger partial charge in [-0.2, -0.15) is 0 Å². The zero-order chi connectivity index (χ0) is 16.8. The third-order valence-corrected chi connectivity index (χ3v) is 3.76. The Morgan fingerprint density at radius 1 is 1.39 bits per heavy atom. The number of rotatable bonds is 8. The lowest BCUT2D eigenvalue weighted by Gasteiger charge is -2.11. The van der Waals surface area contributed by atoms with Gasteiger partial charge in [0.2, 0.25) is 5.43 Å². The number of aldehydes is 1. The number of carboxylic acids is 1. The van der Waals surface area contributed by atoms with Crippen LogP contribution in [0.25, 0.3) is 10.9 Å². The van der Waals surface area contributed by atoms with Gasteiger partial charge in [0.15, 0.2) is 0 Å². The Bertz CT molecular complexity index is 780. The Morgan fingerprint density at radius 2 is 2.17 bits per heavy atom. The number of nitrogens with one attached hydrogen (secondary N) is 1. The summed E-state index contributed by atoms with van der Waals surface area (Å²) in [7, 11) is 0. The van der Waals surface area contributed by atoms with Crippen molar-refractivity contribution >= 4 is 23.2 Å². The van der Waals surface area contributed by atoms with Crippen LogP contribution in [0.1, 0.15) is 29.3 Å². The highest BCUT2D eigenvalue weighted by atomic mass is 16.4. The molecule has 0 aliphatic heterocycles. The molecule has 2 aromatic rings. The summed E-state index contributed by atoms with van der Waals surface area (Å²) in [4.78, 5) is 33.8. The van der Waals surface area contributed by atoms with E-state index in [1.54, 1.807) is 10.6 Å². The molecular formula is C17H20N2O4. The summed E-state index contributed by atoms with van der Waals surface area (Å²) in [5, 5.41) is 12.6. The van der Waals surface area contributed by atoms with Crippen molar-refractivity contribution in [1.82, 2.24) is 9.88 Å². The van der Waals surface area contributed by atoms with Gasteiger partial charge in [0.05, 0.1) is 12.1 Å². The summed E-state index contributed by atoms with van der Waals surface area (Å²) < 4.78 is 1.77. The van der Waals surface area contributed by atoms with Crippen molar-refractivity contribution in [2.75, 3.05) is 13.1 Å². The summed E-state index contributed by atoms with van der Waals surface area (Å²) in [5.74, 6) is -1.21. The van der Waals surface area contributed by atoms with Crippen LogP contribution in [0.5, 0.6) is 0 Å². The van der Waals surface area contributed by atoms with Crippen molar-refractivity contribution in [3.05, 3.63) is 45.7 Å². The monoisotopic (exact) mass is 316 g/mol. The van der Waals surface area contributed by atoms with Crippen LogP contribution in [-0.2, 0) is 17.8 Å². The molecule has 0 radical (unpaired) electrons. The van der Waals surface area contributed by atoms with Crippen molar-refractivity contribution in [2.45, 2.75) is 26.3 Å².